The van der Waals surface area contributed by atoms with Crippen LogP contribution in [0, 0.1) is 0 Å². The van der Waals surface area contributed by atoms with E-state index in [0.29, 0.717) is 12.8 Å². The molecule has 0 spiro atoms. The molecule has 1 fully saturated rings. The number of rotatable bonds is 3. The molecule has 0 saturated carbocycles. The molecule has 1 unspecified atom stereocenters. The Morgan fingerprint density at radius 3 is 3.06 bits per heavy atom. The number of ether oxygens (including phenoxy) is 2. The van der Waals surface area contributed by atoms with Crippen LogP contribution in [0.5, 0.6) is 11.5 Å². The minimum absolute atomic E-state index is 0.364. The van der Waals surface area contributed by atoms with Gasteiger partial charge in [-0.3, -0.25) is 0 Å². The predicted molar refractivity (Wildman–Crippen MR) is 71.1 cm³/mol. The van der Waals surface area contributed by atoms with Crippen LogP contribution in [-0.2, 0) is 6.42 Å². The first-order valence-electron chi connectivity index (χ1n) is 7.04. The molecule has 1 atom stereocenters. The first-order valence-corrected chi connectivity index (χ1v) is 7.04. The molecule has 98 valence electrons. The van der Waals surface area contributed by atoms with Gasteiger partial charge in [0.05, 0.1) is 0 Å². The van der Waals surface area contributed by atoms with E-state index in [4.69, 9.17) is 9.47 Å². The van der Waals surface area contributed by atoms with Crippen LogP contribution in [0.1, 0.15) is 37.7 Å². The first kappa shape index (κ1) is 11.8. The highest BCUT2D eigenvalue weighted by molar-refractivity contribution is 5.44. The smallest absolute Gasteiger partial charge is 0.231 e. The highest BCUT2D eigenvalue weighted by Gasteiger charge is 2.15. The molecule has 1 aromatic rings. The molecular weight excluding hydrogens is 226 g/mol. The van der Waals surface area contributed by atoms with Crippen molar-refractivity contribution in [1.29, 1.82) is 0 Å². The Hall–Kier alpha value is -1.22. The average Bonchev–Trinajstić information content (AvgIpc) is 2.70. The zero-order valence-corrected chi connectivity index (χ0v) is 10.8. The van der Waals surface area contributed by atoms with Crippen molar-refractivity contribution >= 4 is 0 Å². The Kier molecular flexibility index (Phi) is 3.69. The van der Waals surface area contributed by atoms with E-state index in [1.807, 2.05) is 6.07 Å². The molecule has 3 heteroatoms. The van der Waals surface area contributed by atoms with Crippen molar-refractivity contribution < 1.29 is 9.47 Å². The number of hydrogen-bond acceptors (Lipinski definition) is 3. The van der Waals surface area contributed by atoms with E-state index < -0.39 is 0 Å². The molecule has 0 amide bonds. The fourth-order valence-corrected chi connectivity index (χ4v) is 2.78. The largest absolute Gasteiger partial charge is 0.454 e. The predicted octanol–water partition coefficient (Wildman–Crippen LogP) is 2.88. The summed E-state index contributed by atoms with van der Waals surface area (Å²) in [4.78, 5) is 0. The van der Waals surface area contributed by atoms with Crippen molar-refractivity contribution in [1.82, 2.24) is 5.32 Å². The molecule has 2 heterocycles. The van der Waals surface area contributed by atoms with Crippen molar-refractivity contribution in [3.05, 3.63) is 23.8 Å². The minimum atomic E-state index is 0.364. The molecule has 3 nitrogen and oxygen atoms in total. The summed E-state index contributed by atoms with van der Waals surface area (Å²) < 4.78 is 10.7. The lowest BCUT2D eigenvalue weighted by molar-refractivity contribution is 0.174. The summed E-state index contributed by atoms with van der Waals surface area (Å²) >= 11 is 0. The highest BCUT2D eigenvalue weighted by atomic mass is 16.7. The molecule has 0 aliphatic carbocycles. The number of fused-ring (bicyclic) bond motifs is 1. The van der Waals surface area contributed by atoms with Gasteiger partial charge in [-0.05, 0) is 49.9 Å². The lowest BCUT2D eigenvalue weighted by Gasteiger charge is -2.15. The van der Waals surface area contributed by atoms with Gasteiger partial charge in [0.15, 0.2) is 11.5 Å². The Labute approximate surface area is 108 Å². The van der Waals surface area contributed by atoms with Gasteiger partial charge in [-0.2, -0.15) is 0 Å². The van der Waals surface area contributed by atoms with E-state index in [9.17, 15) is 0 Å². The third-order valence-corrected chi connectivity index (χ3v) is 3.88. The van der Waals surface area contributed by atoms with Crippen LogP contribution in [0.25, 0.3) is 0 Å². The van der Waals surface area contributed by atoms with E-state index in [1.54, 1.807) is 0 Å². The zero-order valence-electron chi connectivity index (χ0n) is 10.8. The van der Waals surface area contributed by atoms with E-state index in [0.717, 1.165) is 17.9 Å². The fourth-order valence-electron chi connectivity index (χ4n) is 2.78. The van der Waals surface area contributed by atoms with Crippen LogP contribution in [0.2, 0.25) is 0 Å². The molecule has 1 N–H and O–H groups in total. The second-order valence-corrected chi connectivity index (χ2v) is 5.23. The molecule has 2 aliphatic rings. The molecule has 3 rings (SSSR count). The van der Waals surface area contributed by atoms with Gasteiger partial charge in [0.1, 0.15) is 0 Å². The van der Waals surface area contributed by atoms with Gasteiger partial charge < -0.3 is 14.8 Å². The third kappa shape index (κ3) is 2.78. The van der Waals surface area contributed by atoms with Crippen LogP contribution < -0.4 is 14.8 Å². The van der Waals surface area contributed by atoms with Gasteiger partial charge in [0.25, 0.3) is 0 Å². The summed E-state index contributed by atoms with van der Waals surface area (Å²) in [5, 5.41) is 3.65. The van der Waals surface area contributed by atoms with Crippen molar-refractivity contribution in [2.75, 3.05) is 13.3 Å². The topological polar surface area (TPSA) is 30.5 Å². The van der Waals surface area contributed by atoms with Crippen molar-refractivity contribution in [2.24, 2.45) is 0 Å². The van der Waals surface area contributed by atoms with Crippen molar-refractivity contribution in [3.8, 4) is 11.5 Å². The molecular formula is C15H21NO2. The van der Waals surface area contributed by atoms with Crippen LogP contribution in [0.15, 0.2) is 18.2 Å². The summed E-state index contributed by atoms with van der Waals surface area (Å²) in [5.41, 5.74) is 1.35. The SMILES string of the molecule is c1cc2c(cc1CCC1CCCCCN1)OCO2. The van der Waals surface area contributed by atoms with Gasteiger partial charge in [0.2, 0.25) is 6.79 Å². The maximum absolute atomic E-state index is 5.41. The average molecular weight is 247 g/mol. The van der Waals surface area contributed by atoms with Crippen molar-refractivity contribution in [2.45, 2.75) is 44.6 Å². The summed E-state index contributed by atoms with van der Waals surface area (Å²) in [6.07, 6.45) is 7.76. The number of benzene rings is 1. The second-order valence-electron chi connectivity index (χ2n) is 5.23. The summed E-state index contributed by atoms with van der Waals surface area (Å²) in [5.74, 6) is 1.78. The first-order chi connectivity index (χ1) is 8.92. The number of aryl methyl sites for hydroxylation is 1. The monoisotopic (exact) mass is 247 g/mol. The van der Waals surface area contributed by atoms with Crippen LogP contribution in [-0.4, -0.2) is 19.4 Å². The summed E-state index contributed by atoms with van der Waals surface area (Å²) in [7, 11) is 0. The van der Waals surface area contributed by atoms with Gasteiger partial charge in [-0.15, -0.1) is 0 Å². The Morgan fingerprint density at radius 1 is 1.11 bits per heavy atom. The van der Waals surface area contributed by atoms with Crippen molar-refractivity contribution in [3.63, 3.8) is 0 Å². The van der Waals surface area contributed by atoms with Gasteiger partial charge in [-0.1, -0.05) is 18.9 Å². The van der Waals surface area contributed by atoms with E-state index in [1.165, 1.54) is 44.2 Å². The number of hydrogen-bond donors (Lipinski definition) is 1. The maximum Gasteiger partial charge on any atom is 0.231 e. The lowest BCUT2D eigenvalue weighted by atomic mass is 10.0. The zero-order chi connectivity index (χ0) is 12.2. The highest BCUT2D eigenvalue weighted by Crippen LogP contribution is 2.32. The van der Waals surface area contributed by atoms with Crippen LogP contribution >= 0.6 is 0 Å². The Morgan fingerprint density at radius 2 is 2.06 bits per heavy atom. The van der Waals surface area contributed by atoms with Gasteiger partial charge in [-0.25, -0.2) is 0 Å². The molecule has 18 heavy (non-hydrogen) atoms. The van der Waals surface area contributed by atoms with Gasteiger partial charge in [0, 0.05) is 6.04 Å². The summed E-state index contributed by atoms with van der Waals surface area (Å²) in [6, 6.07) is 7.00. The molecule has 2 aliphatic heterocycles. The summed E-state index contributed by atoms with van der Waals surface area (Å²) in [6.45, 7) is 1.55. The molecule has 0 bridgehead atoms. The van der Waals surface area contributed by atoms with E-state index >= 15 is 0 Å². The Bertz CT molecular complexity index is 397. The van der Waals surface area contributed by atoms with E-state index in [2.05, 4.69) is 17.4 Å². The quantitative estimate of drug-likeness (QED) is 0.891. The molecule has 1 saturated heterocycles. The maximum atomic E-state index is 5.41. The molecule has 0 radical (unpaired) electrons. The van der Waals surface area contributed by atoms with E-state index in [-0.39, 0.29) is 0 Å². The fraction of sp³-hybridized carbons (Fsp3) is 0.600. The van der Waals surface area contributed by atoms with Gasteiger partial charge >= 0.3 is 0 Å². The third-order valence-electron chi connectivity index (χ3n) is 3.88. The lowest BCUT2D eigenvalue weighted by Crippen LogP contribution is -2.28. The molecule has 1 aromatic carbocycles. The normalized spacial score (nSPS) is 22.8. The standard InChI is InChI=1S/C15H21NO2/c1-2-4-13(16-9-3-1)7-5-12-6-8-14-15(10-12)18-11-17-14/h6,8,10,13,16H,1-5,7,9,11H2. The Balaban J connectivity index is 1.56. The number of nitrogens with one attached hydrogen (secondary N) is 1. The minimum Gasteiger partial charge on any atom is -0.454 e. The van der Waals surface area contributed by atoms with Crippen LogP contribution in [0.4, 0.5) is 0 Å². The molecule has 0 aromatic heterocycles. The second kappa shape index (κ2) is 5.61. The van der Waals surface area contributed by atoms with Crippen LogP contribution in [0.3, 0.4) is 0 Å².